The van der Waals surface area contributed by atoms with Gasteiger partial charge in [0.25, 0.3) is 0 Å². The van der Waals surface area contributed by atoms with Crippen molar-refractivity contribution in [3.8, 4) is 0 Å². The molecule has 2 aliphatic rings. The third kappa shape index (κ3) is 5.71. The fraction of sp³-hybridized carbons (Fsp3) is 0.647. The topological polar surface area (TPSA) is 80.5 Å². The third-order valence-electron chi connectivity index (χ3n) is 4.91. The summed E-state index contributed by atoms with van der Waals surface area (Å²) < 4.78 is 5.37. The van der Waals surface area contributed by atoms with Gasteiger partial charge >= 0.3 is 0 Å². The first kappa shape index (κ1) is 22.0. The molecule has 1 saturated carbocycles. The van der Waals surface area contributed by atoms with Gasteiger partial charge in [-0.05, 0) is 43.0 Å². The molecular weight excluding hydrogens is 363 g/mol. The zero-order valence-corrected chi connectivity index (χ0v) is 16.0. The molecule has 3 N–H and O–H groups in total. The molecule has 2 heterocycles. The average Bonchev–Trinajstić information content (AvgIpc) is 3.09. The number of halogens is 2. The minimum absolute atomic E-state index is 0. The van der Waals surface area contributed by atoms with E-state index in [1.54, 1.807) is 0 Å². The van der Waals surface area contributed by atoms with Crippen LogP contribution in [0.15, 0.2) is 18.3 Å². The molecule has 2 atom stereocenters. The molecule has 1 aromatic rings. The average molecular weight is 391 g/mol. The largest absolute Gasteiger partial charge is 0.378 e. The maximum atomic E-state index is 12.4. The van der Waals surface area contributed by atoms with Crippen LogP contribution in [0.3, 0.4) is 0 Å². The lowest BCUT2D eigenvalue weighted by molar-refractivity contribution is -0.126. The van der Waals surface area contributed by atoms with E-state index in [1.807, 2.05) is 12.3 Å². The standard InChI is InChI=1S/C17H26N4O2.2ClH/c18-11-14-2-1-3-15(14)17(22)20-12-13-4-5-19-16(10-13)21-6-8-23-9-7-21;;/h4-5,10,14-15H,1-3,6-9,11-12,18H2,(H,20,22);2*1H/t14-,15-;;/m1../s1. The first-order valence-corrected chi connectivity index (χ1v) is 8.53. The second-order valence-electron chi connectivity index (χ2n) is 6.37. The van der Waals surface area contributed by atoms with E-state index < -0.39 is 0 Å². The number of hydrogen-bond acceptors (Lipinski definition) is 5. The number of aromatic nitrogens is 1. The zero-order chi connectivity index (χ0) is 16.1. The summed E-state index contributed by atoms with van der Waals surface area (Å²) in [5.41, 5.74) is 6.85. The Hall–Kier alpha value is -1.08. The SMILES string of the molecule is Cl.Cl.NC[C@H]1CCC[C@H]1C(=O)NCc1ccnc(N2CCOCC2)c1. The Morgan fingerprint density at radius 2 is 2.08 bits per heavy atom. The van der Waals surface area contributed by atoms with E-state index >= 15 is 0 Å². The number of nitrogens with zero attached hydrogens (tertiary/aromatic N) is 2. The molecule has 0 radical (unpaired) electrons. The van der Waals surface area contributed by atoms with Crippen LogP contribution in [0.4, 0.5) is 5.82 Å². The van der Waals surface area contributed by atoms with Crippen molar-refractivity contribution in [3.63, 3.8) is 0 Å². The maximum absolute atomic E-state index is 12.4. The van der Waals surface area contributed by atoms with Crippen LogP contribution < -0.4 is 16.0 Å². The van der Waals surface area contributed by atoms with Gasteiger partial charge in [0.2, 0.25) is 5.91 Å². The van der Waals surface area contributed by atoms with E-state index in [1.165, 1.54) is 0 Å². The van der Waals surface area contributed by atoms with Crippen molar-refractivity contribution >= 4 is 36.5 Å². The van der Waals surface area contributed by atoms with Gasteiger partial charge in [0.15, 0.2) is 0 Å². The van der Waals surface area contributed by atoms with Crippen LogP contribution in [0.2, 0.25) is 0 Å². The van der Waals surface area contributed by atoms with Crippen molar-refractivity contribution in [3.05, 3.63) is 23.9 Å². The van der Waals surface area contributed by atoms with Gasteiger partial charge in [-0.15, -0.1) is 24.8 Å². The number of amides is 1. The Balaban J connectivity index is 0.00000156. The van der Waals surface area contributed by atoms with Gasteiger partial charge in [0, 0.05) is 31.7 Å². The molecule has 1 aromatic heterocycles. The van der Waals surface area contributed by atoms with Crippen molar-refractivity contribution in [1.82, 2.24) is 10.3 Å². The normalized spacial score (nSPS) is 22.7. The molecule has 142 valence electrons. The lowest BCUT2D eigenvalue weighted by Gasteiger charge is -2.28. The summed E-state index contributed by atoms with van der Waals surface area (Å²) in [5, 5.41) is 3.07. The molecule has 1 amide bonds. The van der Waals surface area contributed by atoms with Crippen molar-refractivity contribution in [1.29, 1.82) is 0 Å². The van der Waals surface area contributed by atoms with Gasteiger partial charge in [-0.3, -0.25) is 4.79 Å². The Bertz CT molecular complexity index is 541. The van der Waals surface area contributed by atoms with Crippen molar-refractivity contribution < 1.29 is 9.53 Å². The molecule has 1 saturated heterocycles. The molecule has 1 aliphatic carbocycles. The number of morpholine rings is 1. The van der Waals surface area contributed by atoms with Crippen LogP contribution >= 0.6 is 24.8 Å². The zero-order valence-electron chi connectivity index (χ0n) is 14.4. The van der Waals surface area contributed by atoms with Crippen molar-refractivity contribution in [2.45, 2.75) is 25.8 Å². The van der Waals surface area contributed by atoms with Gasteiger partial charge in [-0.2, -0.15) is 0 Å². The van der Waals surface area contributed by atoms with Crippen LogP contribution in [0.5, 0.6) is 0 Å². The third-order valence-corrected chi connectivity index (χ3v) is 4.91. The van der Waals surface area contributed by atoms with Gasteiger partial charge in [-0.1, -0.05) is 6.42 Å². The number of carbonyl (C=O) groups excluding carboxylic acids is 1. The summed E-state index contributed by atoms with van der Waals surface area (Å²) in [6, 6.07) is 4.01. The Labute approximate surface area is 161 Å². The van der Waals surface area contributed by atoms with E-state index in [0.29, 0.717) is 19.0 Å². The second-order valence-corrected chi connectivity index (χ2v) is 6.37. The fourth-order valence-corrected chi connectivity index (χ4v) is 3.52. The van der Waals surface area contributed by atoms with Gasteiger partial charge < -0.3 is 20.7 Å². The van der Waals surface area contributed by atoms with E-state index in [0.717, 1.165) is 56.9 Å². The molecule has 6 nitrogen and oxygen atoms in total. The highest BCUT2D eigenvalue weighted by atomic mass is 35.5. The van der Waals surface area contributed by atoms with Crippen LogP contribution in [0.1, 0.15) is 24.8 Å². The highest BCUT2D eigenvalue weighted by Gasteiger charge is 2.31. The molecule has 0 unspecified atom stereocenters. The number of nitrogens with one attached hydrogen (secondary N) is 1. The summed E-state index contributed by atoms with van der Waals surface area (Å²) in [5.74, 6) is 1.53. The number of anilines is 1. The minimum atomic E-state index is 0. The van der Waals surface area contributed by atoms with Gasteiger partial charge in [0.1, 0.15) is 5.82 Å². The molecule has 25 heavy (non-hydrogen) atoms. The molecule has 0 spiro atoms. The van der Waals surface area contributed by atoms with E-state index in [4.69, 9.17) is 10.5 Å². The van der Waals surface area contributed by atoms with Crippen molar-refractivity contribution in [2.24, 2.45) is 17.6 Å². The molecular formula is C17H28Cl2N4O2. The first-order chi connectivity index (χ1) is 11.3. The molecule has 8 heteroatoms. The quantitative estimate of drug-likeness (QED) is 0.800. The fourth-order valence-electron chi connectivity index (χ4n) is 3.52. The number of carbonyl (C=O) groups is 1. The predicted molar refractivity (Wildman–Crippen MR) is 103 cm³/mol. The lowest BCUT2D eigenvalue weighted by Crippen LogP contribution is -2.37. The molecule has 0 aromatic carbocycles. The van der Waals surface area contributed by atoms with Crippen LogP contribution in [0, 0.1) is 11.8 Å². The Kier molecular flexibility index (Phi) is 9.50. The van der Waals surface area contributed by atoms with Crippen LogP contribution in [0.25, 0.3) is 0 Å². The van der Waals surface area contributed by atoms with Gasteiger partial charge in [-0.25, -0.2) is 4.98 Å². The molecule has 3 rings (SSSR count). The second kappa shape index (κ2) is 10.8. The van der Waals surface area contributed by atoms with E-state index in [9.17, 15) is 4.79 Å². The maximum Gasteiger partial charge on any atom is 0.223 e. The molecule has 0 bridgehead atoms. The highest BCUT2D eigenvalue weighted by Crippen LogP contribution is 2.31. The lowest BCUT2D eigenvalue weighted by atomic mass is 9.95. The number of pyridine rings is 1. The van der Waals surface area contributed by atoms with Crippen LogP contribution in [-0.2, 0) is 16.1 Å². The first-order valence-electron chi connectivity index (χ1n) is 8.53. The summed E-state index contributed by atoms with van der Waals surface area (Å²) in [6.07, 6.45) is 4.95. The number of nitrogens with two attached hydrogens (primary N) is 1. The summed E-state index contributed by atoms with van der Waals surface area (Å²) >= 11 is 0. The van der Waals surface area contributed by atoms with Crippen molar-refractivity contribution in [2.75, 3.05) is 37.7 Å². The highest BCUT2D eigenvalue weighted by molar-refractivity contribution is 5.85. The monoisotopic (exact) mass is 390 g/mol. The van der Waals surface area contributed by atoms with Gasteiger partial charge in [0.05, 0.1) is 13.2 Å². The molecule has 2 fully saturated rings. The van der Waals surface area contributed by atoms with Crippen LogP contribution in [-0.4, -0.2) is 43.7 Å². The molecule has 1 aliphatic heterocycles. The minimum Gasteiger partial charge on any atom is -0.378 e. The predicted octanol–water partition coefficient (Wildman–Crippen LogP) is 1.75. The smallest absolute Gasteiger partial charge is 0.223 e. The Morgan fingerprint density at radius 3 is 2.80 bits per heavy atom. The summed E-state index contributed by atoms with van der Waals surface area (Å²) in [4.78, 5) is 19.0. The van der Waals surface area contributed by atoms with E-state index in [2.05, 4.69) is 21.3 Å². The summed E-state index contributed by atoms with van der Waals surface area (Å²) in [7, 11) is 0. The number of hydrogen-bond donors (Lipinski definition) is 2. The number of ether oxygens (including phenoxy) is 1. The van der Waals surface area contributed by atoms with E-state index in [-0.39, 0.29) is 36.6 Å². The summed E-state index contributed by atoms with van der Waals surface area (Å²) in [6.45, 7) is 4.36. The number of rotatable bonds is 5. The Morgan fingerprint density at radius 1 is 1.32 bits per heavy atom.